The normalized spacial score (nSPS) is 11.4. The fourth-order valence-corrected chi connectivity index (χ4v) is 3.27. The number of hydrogen-bond acceptors (Lipinski definition) is 5. The molecular weight excluding hydrogens is 385 g/mol. The van der Waals surface area contributed by atoms with Gasteiger partial charge in [-0.1, -0.05) is 23.2 Å². The van der Waals surface area contributed by atoms with Crippen molar-refractivity contribution in [3.63, 3.8) is 0 Å². The Balaban J connectivity index is 1.98. The minimum atomic E-state index is -0.905. The van der Waals surface area contributed by atoms with E-state index >= 15 is 0 Å². The lowest BCUT2D eigenvalue weighted by atomic mass is 10.2. The molecule has 25 heavy (non-hydrogen) atoms. The molecule has 0 spiro atoms. The minimum Gasteiger partial charge on any atom is -0.374 e. The van der Waals surface area contributed by atoms with Crippen LogP contribution in [0.5, 0.6) is 0 Å². The molecule has 6 nitrogen and oxygen atoms in total. The number of rotatable bonds is 5. The summed E-state index contributed by atoms with van der Waals surface area (Å²) in [7, 11) is 1.50. The summed E-state index contributed by atoms with van der Waals surface area (Å²) in [5.74, 6) is -1.76. The number of nitrogens with one attached hydrogen (secondary N) is 2. The molecule has 0 aliphatic rings. The highest BCUT2D eigenvalue weighted by molar-refractivity contribution is 7.16. The van der Waals surface area contributed by atoms with Gasteiger partial charge in [0.1, 0.15) is 12.2 Å². The van der Waals surface area contributed by atoms with Gasteiger partial charge in [-0.25, -0.2) is 0 Å². The SMILES string of the molecule is CO[C@H](CNC(=O)C(=O)Nc1cc(Cl)ccc1C#N)c1ccc(Cl)s1. The fraction of sp³-hybridized carbons (Fsp3) is 0.188. The summed E-state index contributed by atoms with van der Waals surface area (Å²) in [5.41, 5.74) is 0.372. The van der Waals surface area contributed by atoms with Gasteiger partial charge in [0.15, 0.2) is 0 Å². The third-order valence-electron chi connectivity index (χ3n) is 3.20. The fourth-order valence-electron chi connectivity index (χ4n) is 1.96. The molecule has 2 rings (SSSR count). The average Bonchev–Trinajstić information content (AvgIpc) is 3.01. The number of halogens is 2. The van der Waals surface area contributed by atoms with E-state index in [1.807, 2.05) is 6.07 Å². The molecule has 2 amide bonds. The van der Waals surface area contributed by atoms with E-state index < -0.39 is 17.9 Å². The van der Waals surface area contributed by atoms with Crippen LogP contribution in [0.25, 0.3) is 0 Å². The first kappa shape index (κ1) is 19.2. The molecule has 0 fully saturated rings. The summed E-state index contributed by atoms with van der Waals surface area (Å²) in [6, 6.07) is 9.81. The standard InChI is InChI=1S/C16H13Cl2N3O3S/c1-24-12(13-4-5-14(18)25-13)8-20-15(22)16(23)21-11-6-10(17)3-2-9(11)7-19/h2-6,12H,8H2,1H3,(H,20,22)(H,21,23)/t12-/m1/s1. The Labute approximate surface area is 158 Å². The van der Waals surface area contributed by atoms with Gasteiger partial charge < -0.3 is 15.4 Å². The third-order valence-corrected chi connectivity index (χ3v) is 4.76. The van der Waals surface area contributed by atoms with Crippen LogP contribution in [0.1, 0.15) is 16.5 Å². The van der Waals surface area contributed by atoms with Crippen molar-refractivity contribution >= 4 is 52.0 Å². The Bertz CT molecular complexity index is 832. The number of methoxy groups -OCH3 is 1. The smallest absolute Gasteiger partial charge is 0.313 e. The molecule has 0 saturated heterocycles. The molecule has 1 aromatic carbocycles. The van der Waals surface area contributed by atoms with E-state index in [1.165, 1.54) is 36.6 Å². The Morgan fingerprint density at radius 3 is 2.64 bits per heavy atom. The highest BCUT2D eigenvalue weighted by Gasteiger charge is 2.19. The zero-order chi connectivity index (χ0) is 18.4. The van der Waals surface area contributed by atoms with Crippen molar-refractivity contribution in [1.29, 1.82) is 5.26 Å². The minimum absolute atomic E-state index is 0.0975. The van der Waals surface area contributed by atoms with Crippen molar-refractivity contribution in [2.75, 3.05) is 19.0 Å². The van der Waals surface area contributed by atoms with Gasteiger partial charge in [0, 0.05) is 23.6 Å². The van der Waals surface area contributed by atoms with Crippen molar-refractivity contribution in [3.05, 3.63) is 50.1 Å². The predicted molar refractivity (Wildman–Crippen MR) is 96.9 cm³/mol. The first-order valence-corrected chi connectivity index (χ1v) is 8.58. The number of hydrogen-bond donors (Lipinski definition) is 2. The maximum Gasteiger partial charge on any atom is 0.313 e. The van der Waals surface area contributed by atoms with Crippen molar-refractivity contribution in [2.24, 2.45) is 0 Å². The maximum atomic E-state index is 12.0. The second kappa shape index (κ2) is 8.83. The van der Waals surface area contributed by atoms with Gasteiger partial charge in [-0.2, -0.15) is 5.26 Å². The summed E-state index contributed by atoms with van der Waals surface area (Å²) >= 11 is 13.0. The molecule has 0 unspecified atom stereocenters. The van der Waals surface area contributed by atoms with E-state index in [2.05, 4.69) is 10.6 Å². The van der Waals surface area contributed by atoms with Gasteiger partial charge in [0.05, 0.1) is 15.6 Å². The van der Waals surface area contributed by atoms with Crippen LogP contribution in [0, 0.1) is 11.3 Å². The molecule has 1 heterocycles. The van der Waals surface area contributed by atoms with Crippen LogP contribution < -0.4 is 10.6 Å². The molecule has 1 atom stereocenters. The maximum absolute atomic E-state index is 12.0. The van der Waals surface area contributed by atoms with E-state index in [-0.39, 0.29) is 17.8 Å². The van der Waals surface area contributed by atoms with E-state index in [9.17, 15) is 9.59 Å². The Morgan fingerprint density at radius 2 is 2.04 bits per heavy atom. The van der Waals surface area contributed by atoms with E-state index in [0.717, 1.165) is 4.88 Å². The van der Waals surface area contributed by atoms with E-state index in [1.54, 1.807) is 12.1 Å². The van der Waals surface area contributed by atoms with Crippen LogP contribution in [0.2, 0.25) is 9.36 Å². The van der Waals surface area contributed by atoms with E-state index in [0.29, 0.717) is 9.36 Å². The number of benzene rings is 1. The van der Waals surface area contributed by atoms with Crippen LogP contribution in [-0.4, -0.2) is 25.5 Å². The monoisotopic (exact) mass is 397 g/mol. The van der Waals surface area contributed by atoms with Crippen molar-refractivity contribution in [1.82, 2.24) is 5.32 Å². The summed E-state index contributed by atoms with van der Waals surface area (Å²) < 4.78 is 5.90. The van der Waals surface area contributed by atoms with Crippen molar-refractivity contribution in [3.8, 4) is 6.07 Å². The molecule has 1 aromatic heterocycles. The second-order valence-corrected chi connectivity index (χ2v) is 7.02. The number of nitriles is 1. The van der Waals surface area contributed by atoms with Gasteiger partial charge in [-0.15, -0.1) is 11.3 Å². The molecular formula is C16H13Cl2N3O3S. The zero-order valence-electron chi connectivity index (χ0n) is 13.0. The zero-order valence-corrected chi connectivity index (χ0v) is 15.3. The van der Waals surface area contributed by atoms with Gasteiger partial charge in [0.25, 0.3) is 0 Å². The van der Waals surface area contributed by atoms with Crippen LogP contribution >= 0.6 is 34.5 Å². The lowest BCUT2D eigenvalue weighted by Crippen LogP contribution is -2.38. The van der Waals surface area contributed by atoms with Crippen LogP contribution in [0.15, 0.2) is 30.3 Å². The quantitative estimate of drug-likeness (QED) is 0.756. The number of ether oxygens (including phenoxy) is 1. The molecule has 9 heteroatoms. The Kier molecular flexibility index (Phi) is 6.79. The first-order chi connectivity index (χ1) is 11.9. The molecule has 130 valence electrons. The molecule has 0 radical (unpaired) electrons. The molecule has 0 saturated carbocycles. The molecule has 0 aliphatic carbocycles. The lowest BCUT2D eigenvalue weighted by Gasteiger charge is -2.14. The highest BCUT2D eigenvalue weighted by atomic mass is 35.5. The van der Waals surface area contributed by atoms with Gasteiger partial charge in [0.2, 0.25) is 0 Å². The van der Waals surface area contributed by atoms with Crippen LogP contribution in [0.3, 0.4) is 0 Å². The van der Waals surface area contributed by atoms with Crippen molar-refractivity contribution < 1.29 is 14.3 Å². The summed E-state index contributed by atoms with van der Waals surface area (Å²) in [5, 5.41) is 14.2. The molecule has 2 aromatic rings. The summed E-state index contributed by atoms with van der Waals surface area (Å²) in [6.45, 7) is 0.0975. The second-order valence-electron chi connectivity index (χ2n) is 4.83. The van der Waals surface area contributed by atoms with Crippen LogP contribution in [-0.2, 0) is 14.3 Å². The van der Waals surface area contributed by atoms with Gasteiger partial charge >= 0.3 is 11.8 Å². The van der Waals surface area contributed by atoms with Crippen molar-refractivity contribution in [2.45, 2.75) is 6.10 Å². The summed E-state index contributed by atoms with van der Waals surface area (Å²) in [6.07, 6.45) is -0.421. The third kappa shape index (κ3) is 5.18. The predicted octanol–water partition coefficient (Wildman–Crippen LogP) is 3.37. The molecule has 0 aliphatic heterocycles. The first-order valence-electron chi connectivity index (χ1n) is 7.01. The number of thiophene rings is 1. The van der Waals surface area contributed by atoms with Gasteiger partial charge in [-0.05, 0) is 30.3 Å². The number of nitrogens with zero attached hydrogens (tertiary/aromatic N) is 1. The number of carbonyl (C=O) groups excluding carboxylic acids is 2. The number of amides is 2. The average molecular weight is 398 g/mol. The molecule has 2 N–H and O–H groups in total. The lowest BCUT2D eigenvalue weighted by molar-refractivity contribution is -0.136. The number of carbonyl (C=O) groups is 2. The topological polar surface area (TPSA) is 91.2 Å². The molecule has 0 bridgehead atoms. The van der Waals surface area contributed by atoms with Crippen LogP contribution in [0.4, 0.5) is 5.69 Å². The van der Waals surface area contributed by atoms with Gasteiger partial charge in [-0.3, -0.25) is 9.59 Å². The van der Waals surface area contributed by atoms with E-state index in [4.69, 9.17) is 33.2 Å². The Morgan fingerprint density at radius 1 is 1.28 bits per heavy atom. The number of anilines is 1. The largest absolute Gasteiger partial charge is 0.374 e. The summed E-state index contributed by atoms with van der Waals surface area (Å²) in [4.78, 5) is 24.8. The Hall–Kier alpha value is -2.11. The highest BCUT2D eigenvalue weighted by Crippen LogP contribution is 2.28.